The Hall–Kier alpha value is -5.47. The van der Waals surface area contributed by atoms with Gasteiger partial charge in [0.15, 0.2) is 29.2 Å². The molecule has 2 aliphatic heterocycles. The molecule has 0 radical (unpaired) electrons. The largest absolute Gasteiger partial charge is 0.478 e. The number of carbonyl (C=O) groups excluding carboxylic acids is 2. The molecule has 2 aliphatic rings. The van der Waals surface area contributed by atoms with Crippen molar-refractivity contribution >= 4 is 80.8 Å². The quantitative estimate of drug-likeness (QED) is 0.0394. The van der Waals surface area contributed by atoms with Crippen LogP contribution in [0.4, 0.5) is 9.52 Å². The van der Waals surface area contributed by atoms with E-state index in [4.69, 9.17) is 33.3 Å². The number of benzene rings is 1. The summed E-state index contributed by atoms with van der Waals surface area (Å²) in [5, 5.41) is 32.6. The maximum absolute atomic E-state index is 14.7. The Morgan fingerprint density at radius 1 is 1.27 bits per heavy atom. The number of hydrogen-bond acceptors (Lipinski definition) is 11. The number of hydrogen-bond donors (Lipinski definition) is 6. The van der Waals surface area contributed by atoms with Gasteiger partial charge in [-0.25, -0.2) is 19.0 Å². The Balaban J connectivity index is 1.21. The Kier molecular flexibility index (Phi) is 9.25. The van der Waals surface area contributed by atoms with Crippen LogP contribution < -0.4 is 21.5 Å². The first-order valence-corrected chi connectivity index (χ1v) is 17.1. The molecule has 266 valence electrons. The van der Waals surface area contributed by atoms with E-state index in [-0.39, 0.29) is 51.1 Å². The number of halogens is 2. The fraction of sp³-hybridized carbons (Fsp3) is 0.267. The Bertz CT molecular complexity index is 2210. The monoisotopic (exact) mass is 759 g/mol. The summed E-state index contributed by atoms with van der Waals surface area (Å²) in [5.41, 5.74) is 10.2. The first-order chi connectivity index (χ1) is 24.1. The number of thiazole rings is 1. The molecule has 8 N–H and O–H groups in total. The van der Waals surface area contributed by atoms with Gasteiger partial charge in [0.2, 0.25) is 5.60 Å². The minimum atomic E-state index is -1.84. The zero-order chi connectivity index (χ0) is 36.9. The number of nitrogens with two attached hydrogens (primary N) is 2. The molecule has 1 aromatic carbocycles. The van der Waals surface area contributed by atoms with E-state index >= 15 is 0 Å². The number of aromatic nitrogens is 4. The lowest BCUT2D eigenvalue weighted by atomic mass is 10.0. The second kappa shape index (κ2) is 13.3. The van der Waals surface area contributed by atoms with Crippen LogP contribution in [0, 0.1) is 11.2 Å². The van der Waals surface area contributed by atoms with Crippen LogP contribution in [0.25, 0.3) is 5.65 Å². The van der Waals surface area contributed by atoms with E-state index < -0.39 is 52.3 Å². The Labute approximate surface area is 300 Å². The number of anilines is 1. The number of oxime groups is 1. The molecule has 17 nitrogen and oxygen atoms in total. The number of β-lactam (4-membered cyclic amide) rings is 1. The van der Waals surface area contributed by atoms with E-state index in [0.717, 1.165) is 16.2 Å². The number of amides is 2. The molecule has 4 aromatic rings. The van der Waals surface area contributed by atoms with E-state index in [1.54, 1.807) is 50.6 Å². The molecular formula is C30H29ClFN10O7S2+. The predicted molar refractivity (Wildman–Crippen MR) is 183 cm³/mol. The molecule has 6 rings (SSSR count). The number of imidazole rings is 1. The van der Waals surface area contributed by atoms with E-state index in [2.05, 4.69) is 15.5 Å². The van der Waals surface area contributed by atoms with Crippen molar-refractivity contribution < 1.29 is 43.3 Å². The van der Waals surface area contributed by atoms with E-state index in [0.29, 0.717) is 16.8 Å². The van der Waals surface area contributed by atoms with Gasteiger partial charge < -0.3 is 36.4 Å². The van der Waals surface area contributed by atoms with Gasteiger partial charge in [-0.2, -0.15) is 0 Å². The summed E-state index contributed by atoms with van der Waals surface area (Å²) in [5.74, 6) is -4.93. The first kappa shape index (κ1) is 35.4. The number of thioether (sulfide) groups is 1. The van der Waals surface area contributed by atoms with Gasteiger partial charge in [0.25, 0.3) is 11.8 Å². The summed E-state index contributed by atoms with van der Waals surface area (Å²) in [4.78, 5) is 61.2. The first-order valence-electron chi connectivity index (χ1n) is 14.9. The van der Waals surface area contributed by atoms with Gasteiger partial charge in [0.05, 0.1) is 18.8 Å². The van der Waals surface area contributed by atoms with Crippen molar-refractivity contribution in [2.45, 2.75) is 44.0 Å². The zero-order valence-electron chi connectivity index (χ0n) is 26.7. The van der Waals surface area contributed by atoms with Gasteiger partial charge in [-0.1, -0.05) is 40.2 Å². The van der Waals surface area contributed by atoms with Crippen LogP contribution in [0.2, 0.25) is 4.34 Å². The molecule has 21 heteroatoms. The normalized spacial score (nSPS) is 17.7. The number of nitrogens with zero attached hydrogens (tertiary/aromatic N) is 6. The number of aliphatic carboxylic acids is 2. The number of nitrogen functional groups attached to an aromatic ring is 2. The maximum Gasteiger partial charge on any atom is 0.352 e. The van der Waals surface area contributed by atoms with Crippen LogP contribution in [-0.4, -0.2) is 87.2 Å². The second-order valence-electron chi connectivity index (χ2n) is 11.9. The predicted octanol–water partition coefficient (Wildman–Crippen LogP) is 1.21. The summed E-state index contributed by atoms with van der Waals surface area (Å²) in [7, 11) is 0. The number of carboxylic acid groups (broad SMARTS) is 2. The number of fused-ring (bicyclic) bond motifs is 2. The average Bonchev–Trinajstić information content (AvgIpc) is 3.75. The van der Waals surface area contributed by atoms with Crippen molar-refractivity contribution in [3.63, 3.8) is 0 Å². The summed E-state index contributed by atoms with van der Waals surface area (Å²) in [6.45, 7) is 2.69. The molecule has 3 aromatic heterocycles. The standard InChI is InChI=1S/C30H28ClFN10O7S2/c1-30(2,28(47)48)49-38-19(18-22(31)51-29(35)37-18)24(43)36-20-25(44)42-21(27(45)46)15(12-50-26(20)42)11-40-6-5-17-39(7-8-41(17)40)10-14-4-3-13(23(33)34)9-16(14)32/h3-9,20,26H,10-12H2,1-2H3,(H7-,33,34,35,36,37,43,45,46,47,48)/p+1/b38-19-/t20-,26-/m1/s1. The van der Waals surface area contributed by atoms with Gasteiger partial charge in [-0.15, -0.1) is 21.0 Å². The van der Waals surface area contributed by atoms with E-state index in [1.165, 1.54) is 31.7 Å². The molecule has 2 amide bonds. The van der Waals surface area contributed by atoms with Crippen molar-refractivity contribution in [3.8, 4) is 0 Å². The van der Waals surface area contributed by atoms with Crippen LogP contribution in [0.1, 0.15) is 30.7 Å². The molecule has 5 heterocycles. The van der Waals surface area contributed by atoms with Crippen LogP contribution in [-0.2, 0) is 37.1 Å². The molecule has 0 bridgehead atoms. The lowest BCUT2D eigenvalue weighted by Crippen LogP contribution is -2.71. The van der Waals surface area contributed by atoms with Crippen molar-refractivity contribution in [1.82, 2.24) is 24.3 Å². The smallest absolute Gasteiger partial charge is 0.352 e. The van der Waals surface area contributed by atoms with Crippen molar-refractivity contribution in [2.24, 2.45) is 10.9 Å². The molecule has 2 atom stereocenters. The fourth-order valence-electron chi connectivity index (χ4n) is 5.40. The number of nitrogens with one attached hydrogen (secondary N) is 2. The van der Waals surface area contributed by atoms with Crippen LogP contribution in [0.15, 0.2) is 59.3 Å². The van der Waals surface area contributed by atoms with E-state index in [9.17, 15) is 33.8 Å². The highest BCUT2D eigenvalue weighted by Gasteiger charge is 2.55. The molecule has 0 saturated carbocycles. The number of carboxylic acids is 2. The van der Waals surface area contributed by atoms with Gasteiger partial charge >= 0.3 is 11.9 Å². The summed E-state index contributed by atoms with van der Waals surface area (Å²) in [6.07, 6.45) is 5.21. The molecule has 1 fully saturated rings. The summed E-state index contributed by atoms with van der Waals surface area (Å²) in [6, 6.07) is 4.94. The number of carbonyl (C=O) groups is 4. The number of amidine groups is 1. The van der Waals surface area contributed by atoms with E-state index in [1.807, 2.05) is 0 Å². The van der Waals surface area contributed by atoms with Gasteiger partial charge in [-0.3, -0.25) is 19.9 Å². The van der Waals surface area contributed by atoms with Crippen molar-refractivity contribution in [2.75, 3.05) is 11.5 Å². The Morgan fingerprint density at radius 3 is 2.65 bits per heavy atom. The lowest BCUT2D eigenvalue weighted by molar-refractivity contribution is -0.753. The van der Waals surface area contributed by atoms with Crippen molar-refractivity contribution in [3.05, 3.63) is 81.1 Å². The second-order valence-corrected chi connectivity index (χ2v) is 14.6. The number of rotatable bonds is 12. The van der Waals surface area contributed by atoms with Gasteiger partial charge in [0, 0.05) is 28.6 Å². The fourth-order valence-corrected chi connectivity index (χ4v) is 7.66. The topological polar surface area (TPSA) is 248 Å². The third-order valence-corrected chi connectivity index (χ3v) is 10.5. The molecule has 0 aliphatic carbocycles. The SMILES string of the molecule is CC(C)(O/N=C(\C(=O)N[C@@H]1C(=O)N2C(C(=O)O)=C(C[n+]3ccc4n(Cc5ccc(C(=N)N)cc5F)ccn43)CS[C@H]12)c1nc(N)sc1Cl)C(=O)O. The highest BCUT2D eigenvalue weighted by atomic mass is 35.5. The minimum absolute atomic E-state index is 0.00507. The lowest BCUT2D eigenvalue weighted by Gasteiger charge is -2.49. The average molecular weight is 760 g/mol. The summed E-state index contributed by atoms with van der Waals surface area (Å²) >= 11 is 8.28. The molecule has 1 saturated heterocycles. The highest BCUT2D eigenvalue weighted by molar-refractivity contribution is 8.00. The van der Waals surface area contributed by atoms with Crippen LogP contribution in [0.5, 0.6) is 0 Å². The Morgan fingerprint density at radius 2 is 2.02 bits per heavy atom. The van der Waals surface area contributed by atoms with Crippen LogP contribution in [0.3, 0.4) is 0 Å². The minimum Gasteiger partial charge on any atom is -0.478 e. The zero-order valence-corrected chi connectivity index (χ0v) is 29.1. The van der Waals surface area contributed by atoms with Gasteiger partial charge in [0.1, 0.15) is 38.8 Å². The third-order valence-electron chi connectivity index (χ3n) is 8.11. The molecule has 0 spiro atoms. The molecular weight excluding hydrogens is 731 g/mol. The highest BCUT2D eigenvalue weighted by Crippen LogP contribution is 2.40. The summed E-state index contributed by atoms with van der Waals surface area (Å²) < 4.78 is 20.0. The molecule has 51 heavy (non-hydrogen) atoms. The van der Waals surface area contributed by atoms with Gasteiger partial charge in [-0.05, 0) is 19.9 Å². The van der Waals surface area contributed by atoms with Crippen molar-refractivity contribution in [1.29, 1.82) is 5.41 Å². The third kappa shape index (κ3) is 6.59. The molecule has 0 unspecified atom stereocenters. The van der Waals surface area contributed by atoms with Crippen LogP contribution >= 0.6 is 34.7 Å². The maximum atomic E-state index is 14.7.